The molecule has 0 saturated carbocycles. The van der Waals surface area contributed by atoms with Crippen LogP contribution >= 0.6 is 0 Å². The maximum Gasteiger partial charge on any atom is 0.300 e. The highest BCUT2D eigenvalue weighted by Crippen LogP contribution is 2.08. The fraction of sp³-hybridized carbons (Fsp3) is 0.357. The number of anilines is 1. The van der Waals surface area contributed by atoms with Gasteiger partial charge in [0.2, 0.25) is 0 Å². The number of nitrogens with one attached hydrogen (secondary N) is 2. The third-order valence-corrected chi connectivity index (χ3v) is 2.80. The first-order chi connectivity index (χ1) is 9.24. The fourth-order valence-electron chi connectivity index (χ4n) is 1.83. The van der Waals surface area contributed by atoms with E-state index in [1.54, 1.807) is 12.1 Å². The summed E-state index contributed by atoms with van der Waals surface area (Å²) in [5.74, 6) is 4.55. The minimum atomic E-state index is -0.416. The van der Waals surface area contributed by atoms with E-state index in [1.165, 1.54) is 12.1 Å². The number of hydrogen-bond donors (Lipinski definition) is 2. The van der Waals surface area contributed by atoms with Gasteiger partial charge in [0.25, 0.3) is 5.91 Å². The van der Waals surface area contributed by atoms with Crippen molar-refractivity contribution in [1.82, 2.24) is 10.2 Å². The lowest BCUT2D eigenvalue weighted by Gasteiger charge is -2.24. The Morgan fingerprint density at radius 1 is 1.42 bits per heavy atom. The summed E-state index contributed by atoms with van der Waals surface area (Å²) in [6, 6.07) is 5.75. The van der Waals surface area contributed by atoms with Crippen LogP contribution in [0.5, 0.6) is 0 Å². The van der Waals surface area contributed by atoms with Gasteiger partial charge in [-0.3, -0.25) is 9.69 Å². The number of benzene rings is 1. The Labute approximate surface area is 112 Å². The molecule has 100 valence electrons. The van der Waals surface area contributed by atoms with Crippen molar-refractivity contribution in [3.63, 3.8) is 0 Å². The van der Waals surface area contributed by atoms with Gasteiger partial charge in [-0.2, -0.15) is 0 Å². The molecule has 5 heteroatoms. The smallest absolute Gasteiger partial charge is 0.300 e. The van der Waals surface area contributed by atoms with Crippen LogP contribution in [0.15, 0.2) is 24.3 Å². The lowest BCUT2D eigenvalue weighted by molar-refractivity contribution is -0.111. The molecule has 1 aromatic carbocycles. The number of nitrogens with zero attached hydrogens (tertiary/aromatic N) is 1. The summed E-state index contributed by atoms with van der Waals surface area (Å²) in [4.78, 5) is 13.7. The van der Waals surface area contributed by atoms with Crippen molar-refractivity contribution < 1.29 is 9.18 Å². The van der Waals surface area contributed by atoms with Crippen LogP contribution in [-0.2, 0) is 4.79 Å². The van der Waals surface area contributed by atoms with E-state index in [0.29, 0.717) is 12.2 Å². The lowest BCUT2D eigenvalue weighted by Crippen LogP contribution is -2.43. The SMILES string of the molecule is O=C(C#CCN1CCNCC1)Nc1cccc(F)c1. The molecule has 2 rings (SSSR count). The van der Waals surface area contributed by atoms with Crippen LogP contribution in [0.25, 0.3) is 0 Å². The largest absolute Gasteiger partial charge is 0.315 e. The number of carbonyl (C=O) groups excluding carboxylic acids is 1. The molecule has 0 radical (unpaired) electrons. The van der Waals surface area contributed by atoms with Crippen molar-refractivity contribution in [3.8, 4) is 11.8 Å². The van der Waals surface area contributed by atoms with Crippen LogP contribution in [0.3, 0.4) is 0 Å². The van der Waals surface area contributed by atoms with Crippen LogP contribution in [0, 0.1) is 17.7 Å². The predicted molar refractivity (Wildman–Crippen MR) is 72.1 cm³/mol. The molecule has 1 aromatic rings. The Hall–Kier alpha value is -1.90. The molecule has 4 nitrogen and oxygen atoms in total. The van der Waals surface area contributed by atoms with Crippen molar-refractivity contribution in [3.05, 3.63) is 30.1 Å². The van der Waals surface area contributed by atoms with E-state index in [9.17, 15) is 9.18 Å². The van der Waals surface area contributed by atoms with Crippen molar-refractivity contribution in [2.45, 2.75) is 0 Å². The molecule has 1 aliphatic heterocycles. The standard InChI is InChI=1S/C14H16FN3O/c15-12-3-1-4-13(11-12)17-14(19)5-2-8-18-9-6-16-7-10-18/h1,3-4,11,16H,6-10H2,(H,17,19). The maximum absolute atomic E-state index is 12.9. The highest BCUT2D eigenvalue weighted by molar-refractivity contribution is 6.03. The molecule has 1 saturated heterocycles. The molecule has 1 heterocycles. The molecule has 0 atom stereocenters. The van der Waals surface area contributed by atoms with Crippen LogP contribution in [0.1, 0.15) is 0 Å². The molecule has 2 N–H and O–H groups in total. The zero-order chi connectivity index (χ0) is 13.5. The Morgan fingerprint density at radius 2 is 2.21 bits per heavy atom. The Kier molecular flexibility index (Phi) is 4.90. The summed E-state index contributed by atoms with van der Waals surface area (Å²) in [6.45, 7) is 4.38. The van der Waals surface area contributed by atoms with Gasteiger partial charge in [-0.05, 0) is 24.1 Å². The molecular formula is C14H16FN3O. The topological polar surface area (TPSA) is 44.4 Å². The van der Waals surface area contributed by atoms with Gasteiger partial charge in [-0.25, -0.2) is 4.39 Å². The van der Waals surface area contributed by atoms with Gasteiger partial charge in [0.15, 0.2) is 0 Å². The Morgan fingerprint density at radius 3 is 2.95 bits per heavy atom. The molecule has 0 aromatic heterocycles. The quantitative estimate of drug-likeness (QED) is 0.769. The summed E-state index contributed by atoms with van der Waals surface area (Å²) in [5.41, 5.74) is 0.418. The molecule has 0 unspecified atom stereocenters. The zero-order valence-corrected chi connectivity index (χ0v) is 10.6. The second-order valence-electron chi connectivity index (χ2n) is 4.29. The van der Waals surface area contributed by atoms with Crippen LogP contribution in [-0.4, -0.2) is 43.5 Å². The molecule has 1 aliphatic rings. The van der Waals surface area contributed by atoms with E-state index in [2.05, 4.69) is 27.4 Å². The molecule has 0 aliphatic carbocycles. The highest BCUT2D eigenvalue weighted by atomic mass is 19.1. The van der Waals surface area contributed by atoms with Crippen LogP contribution < -0.4 is 10.6 Å². The number of halogens is 1. The second kappa shape index (κ2) is 6.88. The van der Waals surface area contributed by atoms with Crippen molar-refractivity contribution in [1.29, 1.82) is 0 Å². The predicted octanol–water partition coefficient (Wildman–Crippen LogP) is 0.673. The molecular weight excluding hydrogens is 245 g/mol. The maximum atomic E-state index is 12.9. The van der Waals surface area contributed by atoms with E-state index in [-0.39, 0.29) is 5.82 Å². The van der Waals surface area contributed by atoms with E-state index in [0.717, 1.165) is 26.2 Å². The summed E-state index contributed by atoms with van der Waals surface area (Å²) in [7, 11) is 0. The molecule has 19 heavy (non-hydrogen) atoms. The molecule has 1 amide bonds. The molecule has 0 spiro atoms. The van der Waals surface area contributed by atoms with Gasteiger partial charge in [-0.15, -0.1) is 0 Å². The summed E-state index contributed by atoms with van der Waals surface area (Å²) in [5, 5.41) is 5.78. The number of rotatable bonds is 2. The third kappa shape index (κ3) is 4.70. The van der Waals surface area contributed by atoms with Crippen LogP contribution in [0.2, 0.25) is 0 Å². The van der Waals surface area contributed by atoms with Crippen molar-refractivity contribution >= 4 is 11.6 Å². The first kappa shape index (κ1) is 13.5. The minimum Gasteiger partial charge on any atom is -0.315 e. The van der Waals surface area contributed by atoms with E-state index < -0.39 is 5.91 Å². The number of hydrogen-bond acceptors (Lipinski definition) is 3. The van der Waals surface area contributed by atoms with E-state index in [1.807, 2.05) is 0 Å². The summed E-state index contributed by atoms with van der Waals surface area (Å²) >= 11 is 0. The molecule has 1 fully saturated rings. The van der Waals surface area contributed by atoms with Gasteiger partial charge in [-0.1, -0.05) is 12.0 Å². The van der Waals surface area contributed by atoms with Gasteiger partial charge >= 0.3 is 0 Å². The van der Waals surface area contributed by atoms with E-state index in [4.69, 9.17) is 0 Å². The highest BCUT2D eigenvalue weighted by Gasteiger charge is 2.07. The first-order valence-corrected chi connectivity index (χ1v) is 6.22. The minimum absolute atomic E-state index is 0.383. The third-order valence-electron chi connectivity index (χ3n) is 2.80. The fourth-order valence-corrected chi connectivity index (χ4v) is 1.83. The monoisotopic (exact) mass is 261 g/mol. The second-order valence-corrected chi connectivity index (χ2v) is 4.29. The van der Waals surface area contributed by atoms with E-state index >= 15 is 0 Å². The van der Waals surface area contributed by atoms with Crippen LogP contribution in [0.4, 0.5) is 10.1 Å². The molecule has 0 bridgehead atoms. The normalized spacial score (nSPS) is 15.4. The number of amides is 1. The summed E-state index contributed by atoms with van der Waals surface area (Å²) < 4.78 is 12.9. The van der Waals surface area contributed by atoms with Gasteiger partial charge < -0.3 is 10.6 Å². The average Bonchev–Trinajstić information content (AvgIpc) is 2.40. The van der Waals surface area contributed by atoms with Gasteiger partial charge in [0, 0.05) is 31.9 Å². The zero-order valence-electron chi connectivity index (χ0n) is 10.6. The number of carbonyl (C=O) groups is 1. The summed E-state index contributed by atoms with van der Waals surface area (Å²) in [6.07, 6.45) is 0. The first-order valence-electron chi connectivity index (χ1n) is 6.22. The van der Waals surface area contributed by atoms with Gasteiger partial charge in [0.05, 0.1) is 6.54 Å². The Bertz CT molecular complexity index is 501. The average molecular weight is 261 g/mol. The van der Waals surface area contributed by atoms with Crippen molar-refractivity contribution in [2.75, 3.05) is 38.0 Å². The van der Waals surface area contributed by atoms with Gasteiger partial charge in [0.1, 0.15) is 5.82 Å². The Balaban J connectivity index is 1.81. The lowest BCUT2D eigenvalue weighted by atomic mass is 10.3. The number of piperazine rings is 1. The van der Waals surface area contributed by atoms with Crippen molar-refractivity contribution in [2.24, 2.45) is 0 Å².